The summed E-state index contributed by atoms with van der Waals surface area (Å²) in [4.78, 5) is 0. The summed E-state index contributed by atoms with van der Waals surface area (Å²) < 4.78 is 5.56. The van der Waals surface area contributed by atoms with Crippen molar-refractivity contribution in [1.29, 1.82) is 0 Å². The molecule has 100 valence electrons. The molecular weight excluding hydrogens is 222 g/mol. The van der Waals surface area contributed by atoms with Gasteiger partial charge in [0.1, 0.15) is 5.75 Å². The fourth-order valence-electron chi connectivity index (χ4n) is 2.09. The van der Waals surface area contributed by atoms with Gasteiger partial charge in [0.15, 0.2) is 0 Å². The molecule has 0 saturated carbocycles. The van der Waals surface area contributed by atoms with E-state index in [9.17, 15) is 0 Å². The van der Waals surface area contributed by atoms with E-state index in [1.807, 2.05) is 19.1 Å². The molecule has 1 atom stereocenters. The van der Waals surface area contributed by atoms with Crippen LogP contribution in [0.3, 0.4) is 0 Å². The lowest BCUT2D eigenvalue weighted by atomic mass is 10.0. The minimum Gasteiger partial charge on any atom is -0.494 e. The van der Waals surface area contributed by atoms with Gasteiger partial charge in [-0.05, 0) is 50.4 Å². The minimum atomic E-state index is 0.412. The third-order valence-corrected chi connectivity index (χ3v) is 2.92. The lowest BCUT2D eigenvalue weighted by molar-refractivity contribution is 0.339. The number of unbranched alkanes of at least 4 members (excludes halogenated alkanes) is 1. The van der Waals surface area contributed by atoms with Gasteiger partial charge in [-0.25, -0.2) is 0 Å². The van der Waals surface area contributed by atoms with E-state index in [1.165, 1.54) is 12.0 Å². The predicted molar refractivity (Wildman–Crippen MR) is 78.1 cm³/mol. The summed E-state index contributed by atoms with van der Waals surface area (Å²) in [5, 5.41) is 3.54. The standard InChI is InChI=1S/C16H25NO/c1-4-7-8-12-16(17-5-2)14-10-9-11-15(13-14)18-6-3/h4,9-11,13,16-17H,1,5-8,12H2,2-3H3. The first-order valence-electron chi connectivity index (χ1n) is 6.88. The van der Waals surface area contributed by atoms with Crippen LogP contribution in [0.4, 0.5) is 0 Å². The monoisotopic (exact) mass is 247 g/mol. The number of hydrogen-bond acceptors (Lipinski definition) is 2. The number of ether oxygens (including phenoxy) is 1. The second-order valence-electron chi connectivity index (χ2n) is 4.34. The highest BCUT2D eigenvalue weighted by Crippen LogP contribution is 2.23. The number of hydrogen-bond donors (Lipinski definition) is 1. The van der Waals surface area contributed by atoms with E-state index in [2.05, 4.69) is 37.0 Å². The largest absolute Gasteiger partial charge is 0.494 e. The van der Waals surface area contributed by atoms with E-state index < -0.39 is 0 Å². The van der Waals surface area contributed by atoms with Crippen LogP contribution in [0.1, 0.15) is 44.7 Å². The zero-order valence-corrected chi connectivity index (χ0v) is 11.6. The summed E-state index contributed by atoms with van der Waals surface area (Å²) in [6.45, 7) is 9.63. The Hall–Kier alpha value is -1.28. The maximum Gasteiger partial charge on any atom is 0.119 e. The van der Waals surface area contributed by atoms with Crippen LogP contribution >= 0.6 is 0 Å². The van der Waals surface area contributed by atoms with Crippen molar-refractivity contribution in [3.05, 3.63) is 42.5 Å². The SMILES string of the molecule is C=CCCCC(NCC)c1cccc(OCC)c1. The van der Waals surface area contributed by atoms with Crippen molar-refractivity contribution in [1.82, 2.24) is 5.32 Å². The van der Waals surface area contributed by atoms with E-state index in [1.54, 1.807) is 0 Å². The molecule has 1 aromatic carbocycles. The van der Waals surface area contributed by atoms with E-state index in [0.29, 0.717) is 12.6 Å². The Balaban J connectivity index is 2.70. The summed E-state index contributed by atoms with van der Waals surface area (Å²) in [5.41, 5.74) is 1.31. The predicted octanol–water partition coefficient (Wildman–Crippen LogP) is 4.09. The average molecular weight is 247 g/mol. The zero-order chi connectivity index (χ0) is 13.2. The molecule has 0 aliphatic heterocycles. The van der Waals surface area contributed by atoms with E-state index >= 15 is 0 Å². The molecule has 0 spiro atoms. The lowest BCUT2D eigenvalue weighted by Gasteiger charge is -2.19. The quantitative estimate of drug-likeness (QED) is 0.524. The fourth-order valence-corrected chi connectivity index (χ4v) is 2.09. The van der Waals surface area contributed by atoms with Crippen LogP contribution in [0.2, 0.25) is 0 Å². The Morgan fingerprint density at radius 1 is 1.39 bits per heavy atom. The minimum absolute atomic E-state index is 0.412. The lowest BCUT2D eigenvalue weighted by Crippen LogP contribution is -2.20. The van der Waals surface area contributed by atoms with Crippen molar-refractivity contribution in [2.75, 3.05) is 13.2 Å². The van der Waals surface area contributed by atoms with Gasteiger partial charge in [0.05, 0.1) is 6.61 Å². The van der Waals surface area contributed by atoms with Gasteiger partial charge in [-0.15, -0.1) is 6.58 Å². The second-order valence-corrected chi connectivity index (χ2v) is 4.34. The molecule has 0 bridgehead atoms. The topological polar surface area (TPSA) is 21.3 Å². The average Bonchev–Trinajstić information content (AvgIpc) is 2.39. The van der Waals surface area contributed by atoms with E-state index in [4.69, 9.17) is 4.74 Å². The molecule has 0 saturated heterocycles. The van der Waals surface area contributed by atoms with Gasteiger partial charge in [-0.3, -0.25) is 0 Å². The molecule has 1 rings (SSSR count). The molecule has 1 unspecified atom stereocenters. The Labute approximate surface area is 111 Å². The third kappa shape index (κ3) is 4.92. The first-order chi connectivity index (χ1) is 8.81. The van der Waals surface area contributed by atoms with Crippen LogP contribution in [0.15, 0.2) is 36.9 Å². The van der Waals surface area contributed by atoms with Crippen LogP contribution in [0.5, 0.6) is 5.75 Å². The van der Waals surface area contributed by atoms with Gasteiger partial charge < -0.3 is 10.1 Å². The molecule has 0 fully saturated rings. The van der Waals surface area contributed by atoms with Crippen molar-refractivity contribution in [2.45, 2.75) is 39.2 Å². The van der Waals surface area contributed by atoms with Gasteiger partial charge in [0.25, 0.3) is 0 Å². The molecule has 0 amide bonds. The molecule has 0 aliphatic carbocycles. The molecule has 18 heavy (non-hydrogen) atoms. The molecule has 0 aromatic heterocycles. The Bertz CT molecular complexity index is 349. The smallest absolute Gasteiger partial charge is 0.119 e. The highest BCUT2D eigenvalue weighted by molar-refractivity contribution is 5.30. The fraction of sp³-hybridized carbons (Fsp3) is 0.500. The molecule has 1 N–H and O–H groups in total. The highest BCUT2D eigenvalue weighted by atomic mass is 16.5. The van der Waals surface area contributed by atoms with Crippen LogP contribution < -0.4 is 10.1 Å². The van der Waals surface area contributed by atoms with Gasteiger partial charge in [0, 0.05) is 6.04 Å². The Morgan fingerprint density at radius 3 is 2.89 bits per heavy atom. The number of benzene rings is 1. The number of nitrogens with one attached hydrogen (secondary N) is 1. The third-order valence-electron chi connectivity index (χ3n) is 2.92. The first kappa shape index (κ1) is 14.8. The second kappa shape index (κ2) is 8.76. The van der Waals surface area contributed by atoms with Crippen molar-refractivity contribution >= 4 is 0 Å². The maximum absolute atomic E-state index is 5.56. The molecule has 2 nitrogen and oxygen atoms in total. The van der Waals surface area contributed by atoms with E-state index in [0.717, 1.165) is 25.1 Å². The van der Waals surface area contributed by atoms with Crippen molar-refractivity contribution < 1.29 is 4.74 Å². The molecular formula is C16H25NO. The molecule has 0 aliphatic rings. The summed E-state index contributed by atoms with van der Waals surface area (Å²) in [5.74, 6) is 0.960. The normalized spacial score (nSPS) is 12.1. The molecule has 1 aromatic rings. The van der Waals surface area contributed by atoms with Crippen molar-refractivity contribution in [3.63, 3.8) is 0 Å². The zero-order valence-electron chi connectivity index (χ0n) is 11.6. The van der Waals surface area contributed by atoms with E-state index in [-0.39, 0.29) is 0 Å². The number of allylic oxidation sites excluding steroid dienone is 1. The summed E-state index contributed by atoms with van der Waals surface area (Å²) >= 11 is 0. The van der Waals surface area contributed by atoms with Crippen LogP contribution in [0, 0.1) is 0 Å². The van der Waals surface area contributed by atoms with Crippen molar-refractivity contribution in [3.8, 4) is 5.75 Å². The van der Waals surface area contributed by atoms with Gasteiger partial charge >= 0.3 is 0 Å². The van der Waals surface area contributed by atoms with Crippen LogP contribution in [-0.2, 0) is 0 Å². The molecule has 2 heteroatoms. The Kier molecular flexibility index (Phi) is 7.19. The summed E-state index contributed by atoms with van der Waals surface area (Å²) in [6.07, 6.45) is 5.36. The van der Waals surface area contributed by atoms with Crippen LogP contribution in [-0.4, -0.2) is 13.2 Å². The summed E-state index contributed by atoms with van der Waals surface area (Å²) in [7, 11) is 0. The molecule has 0 radical (unpaired) electrons. The molecule has 0 heterocycles. The maximum atomic E-state index is 5.56. The number of rotatable bonds is 9. The van der Waals surface area contributed by atoms with Crippen LogP contribution in [0.25, 0.3) is 0 Å². The highest BCUT2D eigenvalue weighted by Gasteiger charge is 2.10. The van der Waals surface area contributed by atoms with Gasteiger partial charge in [0.2, 0.25) is 0 Å². The first-order valence-corrected chi connectivity index (χ1v) is 6.88. The van der Waals surface area contributed by atoms with Gasteiger partial charge in [-0.2, -0.15) is 0 Å². The Morgan fingerprint density at radius 2 is 2.22 bits per heavy atom. The summed E-state index contributed by atoms with van der Waals surface area (Å²) in [6, 6.07) is 8.81. The van der Waals surface area contributed by atoms with Gasteiger partial charge in [-0.1, -0.05) is 25.1 Å². The van der Waals surface area contributed by atoms with Crippen molar-refractivity contribution in [2.24, 2.45) is 0 Å².